The Morgan fingerprint density at radius 1 is 1.07 bits per heavy atom. The first kappa shape index (κ1) is 18.4. The maximum Gasteiger partial charge on any atom is 0.274 e. The molecule has 5 rings (SSSR count). The molecule has 1 aliphatic rings. The molecule has 0 N–H and O–H groups in total. The number of methoxy groups -OCH3 is 1. The van der Waals surface area contributed by atoms with Crippen LogP contribution in [0.4, 0.5) is 0 Å². The minimum atomic E-state index is -0.205. The largest absolute Gasteiger partial charge is 0.497 e. The summed E-state index contributed by atoms with van der Waals surface area (Å²) < 4.78 is 5.21. The van der Waals surface area contributed by atoms with Crippen LogP contribution in [0.5, 0.6) is 5.75 Å². The van der Waals surface area contributed by atoms with Gasteiger partial charge in [-0.25, -0.2) is 5.01 Å². The second-order valence-electron chi connectivity index (χ2n) is 6.93. The van der Waals surface area contributed by atoms with E-state index >= 15 is 0 Å². The van der Waals surface area contributed by atoms with E-state index in [0.29, 0.717) is 17.7 Å². The normalized spacial score (nSPS) is 16.0. The van der Waals surface area contributed by atoms with E-state index in [-0.39, 0.29) is 11.9 Å². The molecular weight excluding hydrogens is 396 g/mol. The number of rotatable bonds is 4. The Labute approximate surface area is 177 Å². The van der Waals surface area contributed by atoms with Crippen molar-refractivity contribution < 1.29 is 9.53 Å². The van der Waals surface area contributed by atoms with Crippen molar-refractivity contribution in [1.82, 2.24) is 15.0 Å². The average Bonchev–Trinajstić information content (AvgIpc) is 3.48. The SMILES string of the molecule is COc1ccc(C(=O)N2N=C(c3cccs3)C[C@@H]2c2ccc3nccnc3c2)cc1. The number of nitrogens with zero attached hydrogens (tertiary/aromatic N) is 4. The maximum absolute atomic E-state index is 13.4. The first-order valence-electron chi connectivity index (χ1n) is 9.52. The molecule has 6 nitrogen and oxygen atoms in total. The topological polar surface area (TPSA) is 67.7 Å². The molecule has 2 aromatic heterocycles. The highest BCUT2D eigenvalue weighted by molar-refractivity contribution is 7.12. The van der Waals surface area contributed by atoms with Crippen molar-refractivity contribution in [2.75, 3.05) is 7.11 Å². The molecule has 1 amide bonds. The molecule has 4 aromatic rings. The van der Waals surface area contributed by atoms with Gasteiger partial charge in [0.05, 0.1) is 34.8 Å². The van der Waals surface area contributed by atoms with Crippen LogP contribution in [0.15, 0.2) is 77.5 Å². The summed E-state index contributed by atoms with van der Waals surface area (Å²) in [7, 11) is 1.60. The summed E-state index contributed by atoms with van der Waals surface area (Å²) in [6.45, 7) is 0. The van der Waals surface area contributed by atoms with Crippen LogP contribution in [-0.4, -0.2) is 33.7 Å². The first-order valence-corrected chi connectivity index (χ1v) is 10.4. The predicted molar refractivity (Wildman–Crippen MR) is 117 cm³/mol. The zero-order valence-electron chi connectivity index (χ0n) is 16.2. The molecule has 2 aromatic carbocycles. The number of amides is 1. The van der Waals surface area contributed by atoms with Gasteiger partial charge in [0.25, 0.3) is 5.91 Å². The van der Waals surface area contributed by atoms with Gasteiger partial charge in [-0.15, -0.1) is 11.3 Å². The average molecular weight is 414 g/mol. The van der Waals surface area contributed by atoms with E-state index in [1.54, 1.807) is 60.1 Å². The van der Waals surface area contributed by atoms with E-state index in [9.17, 15) is 4.79 Å². The number of aromatic nitrogens is 2. The molecule has 0 spiro atoms. The van der Waals surface area contributed by atoms with Gasteiger partial charge in [0.1, 0.15) is 5.75 Å². The van der Waals surface area contributed by atoms with Crippen LogP contribution in [0.1, 0.15) is 33.3 Å². The summed E-state index contributed by atoms with van der Waals surface area (Å²) in [5.74, 6) is 0.564. The number of hydrogen-bond donors (Lipinski definition) is 0. The third-order valence-electron chi connectivity index (χ3n) is 5.14. The van der Waals surface area contributed by atoms with Crippen LogP contribution in [0.25, 0.3) is 11.0 Å². The zero-order valence-corrected chi connectivity index (χ0v) is 17.0. The zero-order chi connectivity index (χ0) is 20.5. The minimum Gasteiger partial charge on any atom is -0.497 e. The number of hydrogen-bond acceptors (Lipinski definition) is 6. The lowest BCUT2D eigenvalue weighted by molar-refractivity contribution is 0.0711. The molecule has 0 radical (unpaired) electrons. The quantitative estimate of drug-likeness (QED) is 0.486. The summed E-state index contributed by atoms with van der Waals surface area (Å²) in [6, 6.07) is 16.9. The van der Waals surface area contributed by atoms with Gasteiger partial charge in [-0.05, 0) is 53.4 Å². The molecule has 0 unspecified atom stereocenters. The maximum atomic E-state index is 13.4. The molecule has 0 bridgehead atoms. The molecule has 7 heteroatoms. The fourth-order valence-electron chi connectivity index (χ4n) is 3.60. The standard InChI is InChI=1S/C23H18N4O2S/c1-29-17-7-4-15(5-8-17)23(28)27-21(14-20(26-27)22-3-2-12-30-22)16-6-9-18-19(13-16)25-11-10-24-18/h2-13,21H,14H2,1H3/t21-/m1/s1. The Hall–Kier alpha value is -3.58. The number of carbonyl (C=O) groups excluding carboxylic acids is 1. The summed E-state index contributed by atoms with van der Waals surface area (Å²) in [5, 5.41) is 8.34. The van der Waals surface area contributed by atoms with Gasteiger partial charge in [0, 0.05) is 24.4 Å². The molecule has 30 heavy (non-hydrogen) atoms. The molecule has 0 saturated carbocycles. The summed E-state index contributed by atoms with van der Waals surface area (Å²) in [4.78, 5) is 23.2. The number of carbonyl (C=O) groups is 1. The second-order valence-corrected chi connectivity index (χ2v) is 7.87. The van der Waals surface area contributed by atoms with E-state index in [4.69, 9.17) is 9.84 Å². The first-order chi connectivity index (χ1) is 14.7. The van der Waals surface area contributed by atoms with E-state index in [0.717, 1.165) is 27.2 Å². The fraction of sp³-hybridized carbons (Fsp3) is 0.130. The summed E-state index contributed by atoms with van der Waals surface area (Å²) >= 11 is 1.63. The van der Waals surface area contributed by atoms with E-state index in [1.807, 2.05) is 35.7 Å². The Bertz CT molecular complexity index is 1240. The highest BCUT2D eigenvalue weighted by Crippen LogP contribution is 2.35. The van der Waals surface area contributed by atoms with E-state index in [2.05, 4.69) is 9.97 Å². The lowest BCUT2D eigenvalue weighted by atomic mass is 10.00. The van der Waals surface area contributed by atoms with E-state index < -0.39 is 0 Å². The van der Waals surface area contributed by atoms with Crippen LogP contribution < -0.4 is 4.74 Å². The molecule has 3 heterocycles. The van der Waals surface area contributed by atoms with Crippen molar-refractivity contribution in [3.05, 3.63) is 88.4 Å². The number of thiophene rings is 1. The molecule has 1 aliphatic heterocycles. The molecule has 0 aliphatic carbocycles. The van der Waals surface area contributed by atoms with Crippen molar-refractivity contribution >= 4 is 34.0 Å². The molecule has 148 valence electrons. The van der Waals surface area contributed by atoms with Gasteiger partial charge in [0.2, 0.25) is 0 Å². The van der Waals surface area contributed by atoms with Crippen molar-refractivity contribution in [2.24, 2.45) is 5.10 Å². The van der Waals surface area contributed by atoms with Crippen LogP contribution in [-0.2, 0) is 0 Å². The Morgan fingerprint density at radius 2 is 1.87 bits per heavy atom. The predicted octanol–water partition coefficient (Wildman–Crippen LogP) is 4.69. The van der Waals surface area contributed by atoms with Gasteiger partial charge in [-0.3, -0.25) is 14.8 Å². The third-order valence-corrected chi connectivity index (χ3v) is 6.06. The lowest BCUT2D eigenvalue weighted by Gasteiger charge is -2.22. The number of fused-ring (bicyclic) bond motifs is 1. The number of benzene rings is 2. The number of hydrazone groups is 1. The summed E-state index contributed by atoms with van der Waals surface area (Å²) in [6.07, 6.45) is 4.00. The Balaban J connectivity index is 1.54. The third kappa shape index (κ3) is 3.33. The van der Waals surface area contributed by atoms with Crippen molar-refractivity contribution in [3.8, 4) is 5.75 Å². The fourth-order valence-corrected chi connectivity index (χ4v) is 4.32. The van der Waals surface area contributed by atoms with Crippen molar-refractivity contribution in [3.63, 3.8) is 0 Å². The minimum absolute atomic E-state index is 0.145. The van der Waals surface area contributed by atoms with Crippen LogP contribution in [0, 0.1) is 0 Å². The summed E-state index contributed by atoms with van der Waals surface area (Å²) in [5.41, 5.74) is 4.09. The van der Waals surface area contributed by atoms with Gasteiger partial charge in [0.15, 0.2) is 0 Å². The van der Waals surface area contributed by atoms with Crippen LogP contribution in [0.2, 0.25) is 0 Å². The highest BCUT2D eigenvalue weighted by atomic mass is 32.1. The molecule has 1 atom stereocenters. The van der Waals surface area contributed by atoms with Gasteiger partial charge in [-0.2, -0.15) is 5.10 Å². The van der Waals surface area contributed by atoms with Crippen molar-refractivity contribution in [2.45, 2.75) is 12.5 Å². The lowest BCUT2D eigenvalue weighted by Crippen LogP contribution is -2.27. The molecular formula is C23H18N4O2S. The van der Waals surface area contributed by atoms with E-state index in [1.165, 1.54) is 0 Å². The van der Waals surface area contributed by atoms with Gasteiger partial charge < -0.3 is 4.74 Å². The second kappa shape index (κ2) is 7.68. The van der Waals surface area contributed by atoms with Gasteiger partial charge in [-0.1, -0.05) is 12.1 Å². The Kier molecular flexibility index (Phi) is 4.72. The highest BCUT2D eigenvalue weighted by Gasteiger charge is 2.34. The monoisotopic (exact) mass is 414 g/mol. The Morgan fingerprint density at radius 3 is 2.60 bits per heavy atom. The molecule has 0 fully saturated rings. The van der Waals surface area contributed by atoms with Gasteiger partial charge >= 0.3 is 0 Å². The number of ether oxygens (including phenoxy) is 1. The van der Waals surface area contributed by atoms with Crippen LogP contribution in [0.3, 0.4) is 0 Å². The van der Waals surface area contributed by atoms with Crippen LogP contribution >= 0.6 is 11.3 Å². The van der Waals surface area contributed by atoms with Crippen molar-refractivity contribution in [1.29, 1.82) is 0 Å². The smallest absolute Gasteiger partial charge is 0.274 e. The molecule has 0 saturated heterocycles.